The van der Waals surface area contributed by atoms with Gasteiger partial charge in [-0.05, 0) is 25.5 Å². The Balaban J connectivity index is 1.96. The Bertz CT molecular complexity index is 391. The summed E-state index contributed by atoms with van der Waals surface area (Å²) in [7, 11) is 0. The molecule has 1 aromatic heterocycles. The topological polar surface area (TPSA) is 80.1 Å². The Morgan fingerprint density at radius 2 is 2.47 bits per heavy atom. The van der Waals surface area contributed by atoms with Crippen LogP contribution in [0.4, 0.5) is 11.4 Å². The lowest BCUT2D eigenvalue weighted by Crippen LogP contribution is -2.39. The van der Waals surface area contributed by atoms with Crippen molar-refractivity contribution < 1.29 is 4.92 Å². The average molecular weight is 236 g/mol. The van der Waals surface area contributed by atoms with E-state index in [1.54, 1.807) is 12.3 Å². The number of pyridine rings is 1. The van der Waals surface area contributed by atoms with Crippen LogP contribution >= 0.6 is 0 Å². The van der Waals surface area contributed by atoms with Gasteiger partial charge >= 0.3 is 5.69 Å². The number of hydrogen-bond donors (Lipinski definition) is 2. The second-order valence-corrected chi connectivity index (χ2v) is 4.18. The summed E-state index contributed by atoms with van der Waals surface area (Å²) < 4.78 is 0. The van der Waals surface area contributed by atoms with Crippen LogP contribution in [0.15, 0.2) is 18.5 Å². The fraction of sp³-hybridized carbons (Fsp3) is 0.545. The fourth-order valence-corrected chi connectivity index (χ4v) is 2.01. The molecule has 0 radical (unpaired) electrons. The van der Waals surface area contributed by atoms with Crippen molar-refractivity contribution in [3.63, 3.8) is 0 Å². The Morgan fingerprint density at radius 3 is 3.18 bits per heavy atom. The monoisotopic (exact) mass is 236 g/mol. The van der Waals surface area contributed by atoms with Gasteiger partial charge in [0.15, 0.2) is 0 Å². The maximum Gasteiger partial charge on any atom is 0.310 e. The Hall–Kier alpha value is -1.69. The summed E-state index contributed by atoms with van der Waals surface area (Å²) in [5, 5.41) is 17.3. The van der Waals surface area contributed by atoms with Gasteiger partial charge in [-0.15, -0.1) is 0 Å². The van der Waals surface area contributed by atoms with E-state index in [-0.39, 0.29) is 5.69 Å². The standard InChI is InChI=1S/C11H16N4O2/c16-15(17)11-8-12-6-4-10(11)14-7-9-3-1-2-5-13-9/h4,6,8-9,13H,1-3,5,7H2,(H,12,14). The van der Waals surface area contributed by atoms with E-state index in [2.05, 4.69) is 15.6 Å². The van der Waals surface area contributed by atoms with E-state index in [4.69, 9.17) is 0 Å². The molecule has 6 nitrogen and oxygen atoms in total. The van der Waals surface area contributed by atoms with Gasteiger partial charge in [0.05, 0.1) is 4.92 Å². The third-order valence-corrected chi connectivity index (χ3v) is 2.95. The first-order valence-electron chi connectivity index (χ1n) is 5.83. The molecule has 0 saturated carbocycles. The van der Waals surface area contributed by atoms with Gasteiger partial charge in [0.2, 0.25) is 0 Å². The number of rotatable bonds is 4. The summed E-state index contributed by atoms with van der Waals surface area (Å²) in [6, 6.07) is 2.04. The van der Waals surface area contributed by atoms with Crippen molar-refractivity contribution in [2.24, 2.45) is 0 Å². The van der Waals surface area contributed by atoms with Gasteiger partial charge < -0.3 is 10.6 Å². The minimum atomic E-state index is -0.413. The molecule has 1 fully saturated rings. The van der Waals surface area contributed by atoms with Crippen molar-refractivity contribution in [3.05, 3.63) is 28.6 Å². The van der Waals surface area contributed by atoms with Crippen LogP contribution in [0.25, 0.3) is 0 Å². The molecule has 0 amide bonds. The summed E-state index contributed by atoms with van der Waals surface area (Å²) in [4.78, 5) is 14.1. The van der Waals surface area contributed by atoms with Crippen LogP contribution in [0, 0.1) is 10.1 Å². The van der Waals surface area contributed by atoms with Crippen molar-refractivity contribution in [2.75, 3.05) is 18.4 Å². The summed E-state index contributed by atoms with van der Waals surface area (Å²) >= 11 is 0. The number of piperidine rings is 1. The zero-order valence-electron chi connectivity index (χ0n) is 9.56. The predicted octanol–water partition coefficient (Wildman–Crippen LogP) is 1.54. The van der Waals surface area contributed by atoms with Crippen LogP contribution in [0.5, 0.6) is 0 Å². The van der Waals surface area contributed by atoms with Gasteiger partial charge in [-0.1, -0.05) is 6.42 Å². The highest BCUT2D eigenvalue weighted by atomic mass is 16.6. The summed E-state index contributed by atoms with van der Waals surface area (Å²) in [5.74, 6) is 0. The molecule has 1 atom stereocenters. The van der Waals surface area contributed by atoms with Crippen LogP contribution in [-0.2, 0) is 0 Å². The van der Waals surface area contributed by atoms with E-state index >= 15 is 0 Å². The molecule has 1 saturated heterocycles. The molecular weight excluding hydrogens is 220 g/mol. The zero-order valence-corrected chi connectivity index (χ0v) is 9.56. The van der Waals surface area contributed by atoms with Crippen LogP contribution in [0.1, 0.15) is 19.3 Å². The number of nitro groups is 1. The summed E-state index contributed by atoms with van der Waals surface area (Å²) in [6.45, 7) is 1.75. The van der Waals surface area contributed by atoms with E-state index in [1.165, 1.54) is 19.0 Å². The van der Waals surface area contributed by atoms with Gasteiger partial charge in [0, 0.05) is 18.8 Å². The number of anilines is 1. The number of nitrogens with zero attached hydrogens (tertiary/aromatic N) is 2. The molecule has 2 N–H and O–H groups in total. The highest BCUT2D eigenvalue weighted by Gasteiger charge is 2.16. The molecule has 0 spiro atoms. The van der Waals surface area contributed by atoms with Gasteiger partial charge in [-0.2, -0.15) is 0 Å². The maximum absolute atomic E-state index is 10.8. The Morgan fingerprint density at radius 1 is 1.59 bits per heavy atom. The number of nitrogens with one attached hydrogen (secondary N) is 2. The first kappa shape index (κ1) is 11.8. The molecular formula is C11H16N4O2. The van der Waals surface area contributed by atoms with E-state index in [0.29, 0.717) is 18.3 Å². The van der Waals surface area contributed by atoms with E-state index in [0.717, 1.165) is 13.0 Å². The zero-order chi connectivity index (χ0) is 12.1. The van der Waals surface area contributed by atoms with Crippen molar-refractivity contribution >= 4 is 11.4 Å². The first-order valence-corrected chi connectivity index (χ1v) is 5.83. The fourth-order valence-electron chi connectivity index (χ4n) is 2.01. The molecule has 1 aromatic rings. The van der Waals surface area contributed by atoms with Crippen molar-refractivity contribution in [1.29, 1.82) is 0 Å². The van der Waals surface area contributed by atoms with Crippen LogP contribution in [-0.4, -0.2) is 29.0 Å². The summed E-state index contributed by atoms with van der Waals surface area (Å²) in [5.41, 5.74) is 0.570. The highest BCUT2D eigenvalue weighted by molar-refractivity contribution is 5.59. The predicted molar refractivity (Wildman–Crippen MR) is 65.0 cm³/mol. The Labute approximate surface area is 99.6 Å². The molecule has 0 bridgehead atoms. The molecule has 17 heavy (non-hydrogen) atoms. The SMILES string of the molecule is O=[N+]([O-])c1cnccc1NCC1CCCCN1. The van der Waals surface area contributed by atoms with Gasteiger partial charge in [-0.3, -0.25) is 15.1 Å². The van der Waals surface area contributed by atoms with E-state index in [9.17, 15) is 10.1 Å². The summed E-state index contributed by atoms with van der Waals surface area (Å²) in [6.07, 6.45) is 6.38. The van der Waals surface area contributed by atoms with Gasteiger partial charge in [0.1, 0.15) is 11.9 Å². The number of aromatic nitrogens is 1. The van der Waals surface area contributed by atoms with E-state index < -0.39 is 4.92 Å². The molecule has 2 rings (SSSR count). The van der Waals surface area contributed by atoms with E-state index in [1.807, 2.05) is 0 Å². The molecule has 0 aromatic carbocycles. The molecule has 2 heterocycles. The normalized spacial score (nSPS) is 19.9. The van der Waals surface area contributed by atoms with Gasteiger partial charge in [-0.25, -0.2) is 0 Å². The van der Waals surface area contributed by atoms with Crippen molar-refractivity contribution in [2.45, 2.75) is 25.3 Å². The largest absolute Gasteiger partial charge is 0.378 e. The lowest BCUT2D eigenvalue weighted by atomic mass is 10.1. The first-order chi connectivity index (χ1) is 8.27. The minimum absolute atomic E-state index is 0.0308. The van der Waals surface area contributed by atoms with Crippen LogP contribution in [0.3, 0.4) is 0 Å². The molecule has 0 aliphatic carbocycles. The lowest BCUT2D eigenvalue weighted by Gasteiger charge is -2.23. The Kier molecular flexibility index (Phi) is 3.87. The molecule has 1 unspecified atom stereocenters. The highest BCUT2D eigenvalue weighted by Crippen LogP contribution is 2.22. The second kappa shape index (κ2) is 5.58. The van der Waals surface area contributed by atoms with Crippen molar-refractivity contribution in [1.82, 2.24) is 10.3 Å². The molecule has 92 valence electrons. The average Bonchev–Trinajstić information content (AvgIpc) is 2.38. The maximum atomic E-state index is 10.8. The third kappa shape index (κ3) is 3.13. The smallest absolute Gasteiger partial charge is 0.310 e. The number of hydrogen-bond acceptors (Lipinski definition) is 5. The lowest BCUT2D eigenvalue weighted by molar-refractivity contribution is -0.384. The third-order valence-electron chi connectivity index (χ3n) is 2.95. The van der Waals surface area contributed by atoms with Crippen molar-refractivity contribution in [3.8, 4) is 0 Å². The quantitative estimate of drug-likeness (QED) is 0.612. The van der Waals surface area contributed by atoms with Crippen LogP contribution < -0.4 is 10.6 Å². The van der Waals surface area contributed by atoms with Gasteiger partial charge in [0.25, 0.3) is 0 Å². The second-order valence-electron chi connectivity index (χ2n) is 4.18. The minimum Gasteiger partial charge on any atom is -0.378 e. The van der Waals surface area contributed by atoms with Crippen LogP contribution in [0.2, 0.25) is 0 Å². The molecule has 1 aliphatic rings. The molecule has 1 aliphatic heterocycles. The molecule has 6 heteroatoms.